The van der Waals surface area contributed by atoms with Crippen LogP contribution in [0.2, 0.25) is 0 Å². The number of hydrogen-bond acceptors (Lipinski definition) is 5. The van der Waals surface area contributed by atoms with Crippen LogP contribution in [-0.4, -0.2) is 76.7 Å². The summed E-state index contributed by atoms with van der Waals surface area (Å²) < 4.78 is 33.6. The first kappa shape index (κ1) is 34.0. The van der Waals surface area contributed by atoms with Gasteiger partial charge in [-0.1, -0.05) is 96.8 Å². The van der Waals surface area contributed by atoms with Crippen LogP contribution in [0.5, 0.6) is 0 Å². The number of likely N-dealkylation sites (N-methyl/N-ethyl adjacent to an activating group) is 1. The van der Waals surface area contributed by atoms with Crippen LogP contribution < -0.4 is 0 Å². The highest BCUT2D eigenvalue weighted by Crippen LogP contribution is 2.43. The van der Waals surface area contributed by atoms with E-state index < -0.39 is 7.82 Å². The Bertz CT molecular complexity index is 486. The largest absolute Gasteiger partial charge is 0.472 e. The molecule has 0 aliphatic carbocycles. The summed E-state index contributed by atoms with van der Waals surface area (Å²) in [6, 6.07) is 0. The molecule has 0 aliphatic heterocycles. The SMILES string of the molecule is CCCCCCCCCCCCCCCCCOCC(COP(=O)(O)OCC[N+](C)(C)C)OC. The van der Waals surface area contributed by atoms with E-state index in [0.29, 0.717) is 24.2 Å². The maximum atomic E-state index is 12.0. The first-order valence-electron chi connectivity index (χ1n) is 13.7. The zero-order chi connectivity index (χ0) is 25.5. The van der Waals surface area contributed by atoms with Crippen molar-refractivity contribution in [2.75, 3.05) is 61.2 Å². The molecule has 0 saturated heterocycles. The van der Waals surface area contributed by atoms with Crippen molar-refractivity contribution in [1.29, 1.82) is 0 Å². The van der Waals surface area contributed by atoms with Crippen molar-refractivity contribution in [1.82, 2.24) is 0 Å². The average molecular weight is 511 g/mol. The number of ether oxygens (including phenoxy) is 2. The van der Waals surface area contributed by atoms with Crippen LogP contribution in [0.25, 0.3) is 0 Å². The van der Waals surface area contributed by atoms with Crippen molar-refractivity contribution in [2.45, 2.75) is 109 Å². The van der Waals surface area contributed by atoms with Crippen LogP contribution in [0, 0.1) is 0 Å². The molecule has 8 heteroatoms. The van der Waals surface area contributed by atoms with Gasteiger partial charge in [0.25, 0.3) is 0 Å². The number of hydrogen-bond donors (Lipinski definition) is 1. The topological polar surface area (TPSA) is 74.2 Å². The Labute approximate surface area is 211 Å². The molecule has 0 aromatic rings. The van der Waals surface area contributed by atoms with Crippen molar-refractivity contribution in [2.24, 2.45) is 0 Å². The van der Waals surface area contributed by atoms with E-state index in [-0.39, 0.29) is 19.3 Å². The van der Waals surface area contributed by atoms with Crippen LogP contribution >= 0.6 is 7.82 Å². The smallest absolute Gasteiger partial charge is 0.379 e. The number of rotatable bonds is 26. The summed E-state index contributed by atoms with van der Waals surface area (Å²) in [5, 5.41) is 0. The Morgan fingerprint density at radius 3 is 1.62 bits per heavy atom. The number of unbranched alkanes of at least 4 members (excludes halogenated alkanes) is 14. The summed E-state index contributed by atoms with van der Waals surface area (Å²) in [4.78, 5) is 9.78. The van der Waals surface area contributed by atoms with Gasteiger partial charge in [0, 0.05) is 13.7 Å². The van der Waals surface area contributed by atoms with Crippen molar-refractivity contribution >= 4 is 7.82 Å². The lowest BCUT2D eigenvalue weighted by atomic mass is 10.0. The third-order valence-electron chi connectivity index (χ3n) is 5.97. The Morgan fingerprint density at radius 2 is 1.18 bits per heavy atom. The molecule has 0 amide bonds. The highest BCUT2D eigenvalue weighted by Gasteiger charge is 2.24. The van der Waals surface area contributed by atoms with E-state index in [9.17, 15) is 9.46 Å². The molecule has 34 heavy (non-hydrogen) atoms. The molecule has 2 unspecified atom stereocenters. The van der Waals surface area contributed by atoms with Crippen LogP contribution in [0.3, 0.4) is 0 Å². The minimum absolute atomic E-state index is 0.0342. The van der Waals surface area contributed by atoms with Gasteiger partial charge in [-0.3, -0.25) is 9.05 Å². The molecule has 0 aliphatic rings. The summed E-state index contributed by atoms with van der Waals surface area (Å²) in [5.74, 6) is 0. The fourth-order valence-corrected chi connectivity index (χ4v) is 4.36. The molecule has 7 nitrogen and oxygen atoms in total. The zero-order valence-electron chi connectivity index (χ0n) is 23.1. The molecule has 1 N–H and O–H groups in total. The standard InChI is InChI=1S/C26H56NO6P/c1-6-7-8-9-10-11-12-13-14-15-16-17-18-19-20-22-31-24-26(30-5)25-33-34(28,29)32-23-21-27(2,3)4/h26H,6-25H2,1-5H3/p+1. The maximum absolute atomic E-state index is 12.0. The molecule has 0 heterocycles. The lowest BCUT2D eigenvalue weighted by Crippen LogP contribution is -2.37. The molecular formula is C26H57NO6P+. The first-order valence-corrected chi connectivity index (χ1v) is 15.2. The molecule has 0 aromatic heterocycles. The third-order valence-corrected chi connectivity index (χ3v) is 6.95. The Morgan fingerprint density at radius 1 is 0.706 bits per heavy atom. The summed E-state index contributed by atoms with van der Waals surface area (Å²) in [7, 11) is 3.45. The predicted octanol–water partition coefficient (Wildman–Crippen LogP) is 6.73. The summed E-state index contributed by atoms with van der Waals surface area (Å²) in [5.41, 5.74) is 0. The number of nitrogens with zero attached hydrogens (tertiary/aromatic N) is 1. The quantitative estimate of drug-likeness (QED) is 0.0790. The molecule has 2 atom stereocenters. The Kier molecular flexibility index (Phi) is 22.2. The zero-order valence-corrected chi connectivity index (χ0v) is 24.0. The van der Waals surface area contributed by atoms with E-state index in [2.05, 4.69) is 6.92 Å². The second kappa shape index (κ2) is 22.2. The second-order valence-corrected chi connectivity index (χ2v) is 11.9. The van der Waals surface area contributed by atoms with Gasteiger partial charge in [-0.05, 0) is 6.42 Å². The van der Waals surface area contributed by atoms with Gasteiger partial charge in [0.05, 0.1) is 34.4 Å². The molecule has 0 spiro atoms. The normalized spacial score (nSPS) is 14.9. The lowest BCUT2D eigenvalue weighted by Gasteiger charge is -2.24. The van der Waals surface area contributed by atoms with E-state index >= 15 is 0 Å². The second-order valence-electron chi connectivity index (χ2n) is 10.5. The number of phosphoric acid groups is 1. The Hall–Kier alpha value is -0.0100. The Balaban J connectivity index is 3.51. The summed E-state index contributed by atoms with van der Waals surface area (Å²) >= 11 is 0. The van der Waals surface area contributed by atoms with Crippen LogP contribution in [0.4, 0.5) is 0 Å². The van der Waals surface area contributed by atoms with Crippen molar-refractivity contribution < 1.29 is 32.5 Å². The fraction of sp³-hybridized carbons (Fsp3) is 1.00. The van der Waals surface area contributed by atoms with Gasteiger partial charge >= 0.3 is 7.82 Å². The molecule has 0 radical (unpaired) electrons. The molecule has 0 fully saturated rings. The maximum Gasteiger partial charge on any atom is 0.472 e. The summed E-state index contributed by atoms with van der Waals surface area (Å²) in [6.07, 6.45) is 19.7. The van der Waals surface area contributed by atoms with Gasteiger partial charge in [0.1, 0.15) is 19.3 Å². The van der Waals surface area contributed by atoms with Gasteiger partial charge < -0.3 is 18.9 Å². The van der Waals surface area contributed by atoms with Gasteiger partial charge in [-0.15, -0.1) is 0 Å². The number of phosphoric ester groups is 1. The van der Waals surface area contributed by atoms with Gasteiger partial charge in [-0.25, -0.2) is 4.57 Å². The van der Waals surface area contributed by atoms with Crippen LogP contribution in [0.15, 0.2) is 0 Å². The van der Waals surface area contributed by atoms with Crippen molar-refractivity contribution in [3.8, 4) is 0 Å². The van der Waals surface area contributed by atoms with Gasteiger partial charge in [-0.2, -0.15) is 0 Å². The average Bonchev–Trinajstić information content (AvgIpc) is 2.76. The molecule has 0 rings (SSSR count). The number of quaternary nitrogens is 1. The van der Waals surface area contributed by atoms with E-state index in [1.54, 1.807) is 7.11 Å². The fourth-order valence-electron chi connectivity index (χ4n) is 3.62. The van der Waals surface area contributed by atoms with Crippen molar-refractivity contribution in [3.05, 3.63) is 0 Å². The predicted molar refractivity (Wildman–Crippen MR) is 141 cm³/mol. The van der Waals surface area contributed by atoms with E-state index in [4.69, 9.17) is 18.5 Å². The minimum atomic E-state index is -4.07. The van der Waals surface area contributed by atoms with E-state index in [0.717, 1.165) is 6.42 Å². The lowest BCUT2D eigenvalue weighted by molar-refractivity contribution is -0.870. The van der Waals surface area contributed by atoms with E-state index in [1.165, 1.54) is 89.9 Å². The third kappa shape index (κ3) is 25.1. The van der Waals surface area contributed by atoms with Gasteiger partial charge in [0.15, 0.2) is 0 Å². The monoisotopic (exact) mass is 510 g/mol. The highest BCUT2D eigenvalue weighted by molar-refractivity contribution is 7.47. The molecule has 0 saturated carbocycles. The number of methoxy groups -OCH3 is 1. The molecular weight excluding hydrogens is 453 g/mol. The van der Waals surface area contributed by atoms with Gasteiger partial charge in [0.2, 0.25) is 0 Å². The molecule has 0 aromatic carbocycles. The molecule has 206 valence electrons. The minimum Gasteiger partial charge on any atom is -0.379 e. The van der Waals surface area contributed by atoms with Crippen LogP contribution in [-0.2, 0) is 23.1 Å². The first-order chi connectivity index (χ1) is 16.2. The van der Waals surface area contributed by atoms with Crippen LogP contribution in [0.1, 0.15) is 103 Å². The molecule has 0 bridgehead atoms. The van der Waals surface area contributed by atoms with Crippen molar-refractivity contribution in [3.63, 3.8) is 0 Å². The highest BCUT2D eigenvalue weighted by atomic mass is 31.2. The van der Waals surface area contributed by atoms with E-state index in [1.807, 2.05) is 21.1 Å². The summed E-state index contributed by atoms with van der Waals surface area (Å²) in [6.45, 7) is 4.03.